The number of methoxy groups -OCH3 is 1. The van der Waals surface area contributed by atoms with E-state index in [1.54, 1.807) is 7.11 Å². The molecule has 148 valence electrons. The molecule has 0 saturated heterocycles. The molecule has 1 fully saturated rings. The van der Waals surface area contributed by atoms with Gasteiger partial charge in [0.15, 0.2) is 5.96 Å². The highest BCUT2D eigenvalue weighted by Gasteiger charge is 2.33. The van der Waals surface area contributed by atoms with Crippen LogP contribution in [0.4, 0.5) is 5.82 Å². The molecule has 0 amide bonds. The number of halogens is 1. The largest absolute Gasteiger partial charge is 0.385 e. The van der Waals surface area contributed by atoms with Crippen molar-refractivity contribution in [2.24, 2.45) is 10.4 Å². The van der Waals surface area contributed by atoms with Gasteiger partial charge in [0.1, 0.15) is 5.82 Å². The van der Waals surface area contributed by atoms with E-state index in [0.717, 1.165) is 37.0 Å². The maximum Gasteiger partial charge on any atom is 0.191 e. The lowest BCUT2D eigenvalue weighted by Crippen LogP contribution is -2.43. The molecular formula is C19H34IN5O. The number of nitrogens with one attached hydrogen (secondary N) is 2. The van der Waals surface area contributed by atoms with Crippen molar-refractivity contribution in [1.29, 1.82) is 0 Å². The minimum absolute atomic E-state index is 0. The Morgan fingerprint density at radius 2 is 2.00 bits per heavy atom. The van der Waals surface area contributed by atoms with Crippen molar-refractivity contribution in [3.05, 3.63) is 23.9 Å². The van der Waals surface area contributed by atoms with Gasteiger partial charge in [-0.3, -0.25) is 4.99 Å². The van der Waals surface area contributed by atoms with Crippen molar-refractivity contribution in [1.82, 2.24) is 15.6 Å². The summed E-state index contributed by atoms with van der Waals surface area (Å²) in [5.74, 6) is 1.80. The third-order valence-corrected chi connectivity index (χ3v) is 5.04. The molecule has 7 heteroatoms. The first-order chi connectivity index (χ1) is 12.1. The van der Waals surface area contributed by atoms with Gasteiger partial charge in [-0.05, 0) is 36.8 Å². The fraction of sp³-hybridized carbons (Fsp3) is 0.684. The first kappa shape index (κ1) is 23.0. The summed E-state index contributed by atoms with van der Waals surface area (Å²) in [6.45, 7) is 2.43. The van der Waals surface area contributed by atoms with Crippen molar-refractivity contribution < 1.29 is 4.74 Å². The van der Waals surface area contributed by atoms with Crippen molar-refractivity contribution in [2.75, 3.05) is 46.3 Å². The summed E-state index contributed by atoms with van der Waals surface area (Å²) in [6, 6.07) is 6.08. The van der Waals surface area contributed by atoms with Gasteiger partial charge < -0.3 is 20.3 Å². The van der Waals surface area contributed by atoms with Crippen LogP contribution < -0.4 is 15.5 Å². The van der Waals surface area contributed by atoms with Crippen molar-refractivity contribution in [3.63, 3.8) is 0 Å². The molecule has 1 aromatic rings. The van der Waals surface area contributed by atoms with Gasteiger partial charge in [-0.15, -0.1) is 24.0 Å². The summed E-state index contributed by atoms with van der Waals surface area (Å²) in [5.41, 5.74) is 1.35. The number of guanidine groups is 1. The molecule has 0 spiro atoms. The van der Waals surface area contributed by atoms with Gasteiger partial charge in [-0.25, -0.2) is 4.98 Å². The van der Waals surface area contributed by atoms with E-state index in [9.17, 15) is 0 Å². The Hall–Kier alpha value is -1.09. The van der Waals surface area contributed by atoms with Gasteiger partial charge in [-0.1, -0.05) is 18.9 Å². The van der Waals surface area contributed by atoms with E-state index in [1.165, 1.54) is 25.7 Å². The maximum absolute atomic E-state index is 5.31. The lowest BCUT2D eigenvalue weighted by molar-refractivity contribution is 0.138. The van der Waals surface area contributed by atoms with Gasteiger partial charge in [-0.2, -0.15) is 0 Å². The zero-order chi connectivity index (χ0) is 18.1. The molecule has 0 radical (unpaired) electrons. The third kappa shape index (κ3) is 6.90. The molecular weight excluding hydrogens is 441 g/mol. The van der Waals surface area contributed by atoms with Crippen LogP contribution in [0.1, 0.15) is 37.8 Å². The second-order valence-corrected chi connectivity index (χ2v) is 7.11. The Bertz CT molecular complexity index is 559. The molecule has 0 bridgehead atoms. The standard InChI is InChI=1S/C19H33N5O.HI/c1-20-18(21-14-16-8-7-9-17(23-16)24(2)3)22-15-19(12-13-25-4)10-5-6-11-19;/h7-9H,5-6,10-15H2,1-4H3,(H2,20,21,22);1H. The zero-order valence-electron chi connectivity index (χ0n) is 16.5. The molecule has 1 aliphatic carbocycles. The third-order valence-electron chi connectivity index (χ3n) is 5.04. The van der Waals surface area contributed by atoms with Crippen LogP contribution in [-0.2, 0) is 11.3 Å². The minimum Gasteiger partial charge on any atom is -0.385 e. The average molecular weight is 475 g/mol. The second kappa shape index (κ2) is 11.6. The molecule has 2 rings (SSSR count). The molecule has 1 aliphatic rings. The van der Waals surface area contributed by atoms with Crippen LogP contribution in [0.25, 0.3) is 0 Å². The van der Waals surface area contributed by atoms with E-state index in [-0.39, 0.29) is 24.0 Å². The van der Waals surface area contributed by atoms with E-state index in [2.05, 4.69) is 20.6 Å². The monoisotopic (exact) mass is 475 g/mol. The predicted molar refractivity (Wildman–Crippen MR) is 120 cm³/mol. The highest BCUT2D eigenvalue weighted by molar-refractivity contribution is 14.0. The Balaban J connectivity index is 0.00000338. The maximum atomic E-state index is 5.31. The number of hydrogen-bond acceptors (Lipinski definition) is 4. The molecule has 1 heterocycles. The molecule has 0 unspecified atom stereocenters. The Morgan fingerprint density at radius 3 is 2.62 bits per heavy atom. The van der Waals surface area contributed by atoms with Gasteiger partial charge in [0, 0.05) is 41.4 Å². The summed E-state index contributed by atoms with van der Waals surface area (Å²) in [4.78, 5) is 11.0. The molecule has 1 aromatic heterocycles. The van der Waals surface area contributed by atoms with Crippen molar-refractivity contribution in [2.45, 2.75) is 38.6 Å². The van der Waals surface area contributed by atoms with Crippen LogP contribution in [0.15, 0.2) is 23.2 Å². The second-order valence-electron chi connectivity index (χ2n) is 7.11. The summed E-state index contributed by atoms with van der Waals surface area (Å²) >= 11 is 0. The number of nitrogens with zero attached hydrogens (tertiary/aromatic N) is 3. The van der Waals surface area contributed by atoms with E-state index in [1.807, 2.05) is 44.2 Å². The van der Waals surface area contributed by atoms with Crippen molar-refractivity contribution in [3.8, 4) is 0 Å². The summed E-state index contributed by atoms with van der Waals surface area (Å²) in [5, 5.41) is 6.89. The Kier molecular flexibility index (Phi) is 10.2. The molecule has 1 saturated carbocycles. The Morgan fingerprint density at radius 1 is 1.27 bits per heavy atom. The lowest BCUT2D eigenvalue weighted by atomic mass is 9.83. The van der Waals surface area contributed by atoms with Crippen LogP contribution in [0.3, 0.4) is 0 Å². The van der Waals surface area contributed by atoms with Gasteiger partial charge in [0.2, 0.25) is 0 Å². The smallest absolute Gasteiger partial charge is 0.191 e. The van der Waals surface area contributed by atoms with E-state index < -0.39 is 0 Å². The topological polar surface area (TPSA) is 61.8 Å². The quantitative estimate of drug-likeness (QED) is 0.344. The van der Waals surface area contributed by atoms with E-state index >= 15 is 0 Å². The number of aliphatic imine (C=N–C) groups is 1. The molecule has 2 N–H and O–H groups in total. The normalized spacial score (nSPS) is 16.1. The van der Waals surface area contributed by atoms with Crippen LogP contribution in [0.2, 0.25) is 0 Å². The van der Waals surface area contributed by atoms with Crippen LogP contribution in [0, 0.1) is 5.41 Å². The molecule has 6 nitrogen and oxygen atoms in total. The van der Waals surface area contributed by atoms with Crippen LogP contribution >= 0.6 is 24.0 Å². The number of anilines is 1. The highest BCUT2D eigenvalue weighted by atomic mass is 127. The van der Waals surface area contributed by atoms with Gasteiger partial charge in [0.25, 0.3) is 0 Å². The Labute approximate surface area is 175 Å². The number of aromatic nitrogens is 1. The average Bonchev–Trinajstić information content (AvgIpc) is 3.09. The molecule has 0 aliphatic heterocycles. The first-order valence-corrected chi connectivity index (χ1v) is 9.15. The van der Waals surface area contributed by atoms with Crippen molar-refractivity contribution >= 4 is 35.8 Å². The van der Waals surface area contributed by atoms with Gasteiger partial charge in [0.05, 0.1) is 12.2 Å². The fourth-order valence-electron chi connectivity index (χ4n) is 3.44. The summed E-state index contributed by atoms with van der Waals surface area (Å²) in [7, 11) is 7.60. The zero-order valence-corrected chi connectivity index (χ0v) is 18.9. The predicted octanol–water partition coefficient (Wildman–Crippen LogP) is 3.03. The van der Waals surface area contributed by atoms with E-state index in [0.29, 0.717) is 12.0 Å². The van der Waals surface area contributed by atoms with Crippen LogP contribution in [0.5, 0.6) is 0 Å². The lowest BCUT2D eigenvalue weighted by Gasteiger charge is -2.30. The molecule has 26 heavy (non-hydrogen) atoms. The molecule has 0 aromatic carbocycles. The minimum atomic E-state index is 0. The highest BCUT2D eigenvalue weighted by Crippen LogP contribution is 2.40. The number of pyridine rings is 1. The molecule has 0 atom stereocenters. The van der Waals surface area contributed by atoms with Gasteiger partial charge >= 0.3 is 0 Å². The van der Waals surface area contributed by atoms with E-state index in [4.69, 9.17) is 4.74 Å². The number of ether oxygens (including phenoxy) is 1. The van der Waals surface area contributed by atoms with Crippen LogP contribution in [-0.4, -0.2) is 52.3 Å². The summed E-state index contributed by atoms with van der Waals surface area (Å²) in [6.07, 6.45) is 6.29. The fourth-order valence-corrected chi connectivity index (χ4v) is 3.44. The first-order valence-electron chi connectivity index (χ1n) is 9.15. The summed E-state index contributed by atoms with van der Waals surface area (Å²) < 4.78 is 5.31. The number of hydrogen-bond donors (Lipinski definition) is 2. The SMILES string of the molecule is CN=C(NCc1cccc(N(C)C)n1)NCC1(CCOC)CCCC1.I. The number of rotatable bonds is 8.